The number of alkyl halides is 2. The molecule has 0 saturated heterocycles. The third-order valence-electron chi connectivity index (χ3n) is 0.506. The first-order chi connectivity index (χ1) is 3.89. The van der Waals surface area contributed by atoms with Crippen LogP contribution in [0.3, 0.4) is 0 Å². The maximum Gasteiger partial charge on any atom is 0.341 e. The van der Waals surface area contributed by atoms with Crippen molar-refractivity contribution < 1.29 is 21.8 Å². The highest BCUT2D eigenvalue weighted by molar-refractivity contribution is 8.00. The van der Waals surface area contributed by atoms with Gasteiger partial charge in [0.05, 0.1) is 0 Å². The van der Waals surface area contributed by atoms with E-state index in [1.54, 1.807) is 0 Å². The van der Waals surface area contributed by atoms with Crippen LogP contribution in [-0.4, -0.2) is 15.3 Å². The lowest BCUT2D eigenvalue weighted by atomic mass is 11.7. The molecule has 0 fully saturated rings. The van der Waals surface area contributed by atoms with Crippen LogP contribution in [0.1, 0.15) is 0 Å². The third-order valence-corrected chi connectivity index (χ3v) is 1.52. The zero-order valence-corrected chi connectivity index (χ0v) is 4.80. The van der Waals surface area contributed by atoms with Gasteiger partial charge in [0, 0.05) is 0 Å². The molecule has 0 aliphatic heterocycles. The molecule has 0 spiro atoms. The fourth-order valence-corrected chi connectivity index (χ4v) is 0.202. The van der Waals surface area contributed by atoms with E-state index in [2.05, 4.69) is 5.14 Å². The summed E-state index contributed by atoms with van der Waals surface area (Å²) in [4.78, 5) is 0. The van der Waals surface area contributed by atoms with Gasteiger partial charge >= 0.3 is 11.1 Å². The van der Waals surface area contributed by atoms with Crippen molar-refractivity contribution in [2.45, 2.75) is 5.76 Å². The van der Waals surface area contributed by atoms with E-state index in [1.807, 2.05) is 0 Å². The van der Waals surface area contributed by atoms with E-state index in [0.717, 1.165) is 0 Å². The van der Waals surface area contributed by atoms with Gasteiger partial charge in [0.25, 0.3) is 0 Å². The van der Waals surface area contributed by atoms with E-state index in [4.69, 9.17) is 0 Å². The van der Waals surface area contributed by atoms with Gasteiger partial charge in [-0.05, 0) is 0 Å². The van der Waals surface area contributed by atoms with E-state index in [-0.39, 0.29) is 0 Å². The Morgan fingerprint density at radius 2 is 1.78 bits per heavy atom. The van der Waals surface area contributed by atoms with Crippen LogP contribution in [0, 0.1) is 0 Å². The average Bonchev–Trinajstić information content (AvgIpc) is 1.65. The molecule has 0 radical (unpaired) electrons. The summed E-state index contributed by atoms with van der Waals surface area (Å²) < 4.78 is 54.3. The molecule has 0 aromatic rings. The Morgan fingerprint density at radius 1 is 1.44 bits per heavy atom. The van der Waals surface area contributed by atoms with Crippen molar-refractivity contribution in [3.8, 4) is 0 Å². The highest BCUT2D eigenvalue weighted by atomic mass is 32.2. The summed E-state index contributed by atoms with van der Waals surface area (Å²) >= 11 is 0. The molecule has 0 saturated carbocycles. The highest BCUT2D eigenvalue weighted by Crippen LogP contribution is 2.03. The van der Waals surface area contributed by atoms with Crippen LogP contribution >= 0.6 is 0 Å². The molecule has 0 aromatic carbocycles. The number of hydrogen-bond acceptors (Lipinski definition) is 1. The summed E-state index contributed by atoms with van der Waals surface area (Å²) in [6.45, 7) is 0. The minimum absolute atomic E-state index is 2.92. The van der Waals surface area contributed by atoms with E-state index in [0.29, 0.717) is 0 Å². The van der Waals surface area contributed by atoms with Crippen molar-refractivity contribution >= 4 is 15.1 Å². The molecule has 0 heterocycles. The first kappa shape index (κ1) is 8.70. The monoisotopic (exact) mass is 165 g/mol. The maximum atomic E-state index is 11.2. The Labute approximate surface area is 48.8 Å². The lowest BCUT2D eigenvalue weighted by Crippen LogP contribution is -2.25. The molecule has 0 amide bonds. The van der Waals surface area contributed by atoms with E-state index in [1.165, 1.54) is 0 Å². The van der Waals surface area contributed by atoms with Gasteiger partial charge < -0.3 is 0 Å². The summed E-state index contributed by atoms with van der Waals surface area (Å²) in [6.07, 6.45) is 0. The van der Waals surface area contributed by atoms with Crippen molar-refractivity contribution in [3.63, 3.8) is 0 Å². The Kier molecular flexibility index (Phi) is 2.44. The van der Waals surface area contributed by atoms with Crippen LogP contribution in [0.25, 0.3) is 0 Å². The van der Waals surface area contributed by atoms with Gasteiger partial charge in [-0.15, -0.1) is 0 Å². The van der Waals surface area contributed by atoms with Crippen LogP contribution in [0.4, 0.5) is 17.6 Å². The average molecular weight is 165 g/mol. The van der Waals surface area contributed by atoms with Crippen LogP contribution in [-0.2, 0) is 9.71 Å². The van der Waals surface area contributed by atoms with Gasteiger partial charge in [0.2, 0.25) is 0 Å². The zero-order valence-electron chi connectivity index (χ0n) is 3.98. The number of hydrogen-bond donors (Lipinski definition) is 1. The minimum atomic E-state index is -4.81. The van der Waals surface area contributed by atoms with Gasteiger partial charge in [0.15, 0.2) is 9.71 Å². The highest BCUT2D eigenvalue weighted by Gasteiger charge is 2.21. The van der Waals surface area contributed by atoms with Crippen LogP contribution in [0.2, 0.25) is 0 Å². The topological polar surface area (TPSA) is 43.1 Å². The summed E-state index contributed by atoms with van der Waals surface area (Å²) in [5, 5.41) is 1.07. The summed E-state index contributed by atoms with van der Waals surface area (Å²) in [7, 11) is -4.81. The molecule has 0 aliphatic rings. The second-order valence-corrected chi connectivity index (χ2v) is 3.09. The molecule has 0 rings (SSSR count). The third kappa shape index (κ3) is 1.83. The summed E-state index contributed by atoms with van der Waals surface area (Å²) in [5.41, 5.74) is 0. The van der Waals surface area contributed by atoms with E-state index < -0.39 is 20.8 Å². The van der Waals surface area contributed by atoms with Crippen LogP contribution < -0.4 is 5.14 Å². The maximum absolute atomic E-state index is 11.2. The fourth-order valence-electron chi connectivity index (χ4n) is 0.0673. The molecule has 2 nitrogen and oxygen atoms in total. The van der Waals surface area contributed by atoms with Gasteiger partial charge in [-0.25, -0.2) is 9.35 Å². The summed E-state index contributed by atoms with van der Waals surface area (Å²) in [6, 6.07) is 0. The zero-order chi connectivity index (χ0) is 7.65. The minimum Gasteiger partial charge on any atom is -0.250 e. The number of rotatable bonds is 1. The van der Waals surface area contributed by atoms with Crippen LogP contribution in [0.5, 0.6) is 0 Å². The quantitative estimate of drug-likeness (QED) is 0.341. The smallest absolute Gasteiger partial charge is 0.250 e. The van der Waals surface area contributed by atoms with Crippen molar-refractivity contribution in [2.24, 2.45) is 5.14 Å². The molecule has 7 heteroatoms. The molecule has 56 valence electrons. The second kappa shape index (κ2) is 2.53. The lowest BCUT2D eigenvalue weighted by molar-refractivity contribution is 0.242. The Hall–Kier alpha value is -0.300. The Morgan fingerprint density at radius 3 is 1.78 bits per heavy atom. The van der Waals surface area contributed by atoms with E-state index in [9.17, 15) is 21.8 Å². The van der Waals surface area contributed by atoms with E-state index >= 15 is 0 Å². The predicted molar refractivity (Wildman–Crippen MR) is 25.6 cm³/mol. The first-order valence-electron chi connectivity index (χ1n) is 1.66. The predicted octanol–water partition coefficient (Wildman–Crippen LogP) is 0.394. The molecule has 0 aromatic heterocycles. The Balaban J connectivity index is 4.84. The van der Waals surface area contributed by atoms with Crippen molar-refractivity contribution in [2.75, 3.05) is 0 Å². The molecule has 0 aliphatic carbocycles. The molecule has 1 atom stereocenters. The summed E-state index contributed by atoms with van der Waals surface area (Å²) in [5.74, 6) is -3.69. The standard InChI is InChI=1S/C2H3F4NOS/c3-1(4)9(7,8)2(5)6/h1H,(H2,7,8). The van der Waals surface area contributed by atoms with Crippen molar-refractivity contribution in [1.29, 1.82) is 0 Å². The van der Waals surface area contributed by atoms with Crippen LogP contribution in [0.15, 0.2) is 0 Å². The van der Waals surface area contributed by atoms with Crippen molar-refractivity contribution in [1.82, 2.24) is 0 Å². The molecule has 2 N–H and O–H groups in total. The lowest BCUT2D eigenvalue weighted by Gasteiger charge is -1.98. The second-order valence-electron chi connectivity index (χ2n) is 1.13. The molecular formula is C2H3F4NOS. The number of halogens is 4. The van der Waals surface area contributed by atoms with Gasteiger partial charge in [-0.1, -0.05) is 0 Å². The molecular weight excluding hydrogens is 162 g/mol. The first-order valence-corrected chi connectivity index (χ1v) is 3.34. The van der Waals surface area contributed by atoms with Crippen molar-refractivity contribution in [3.05, 3.63) is 0 Å². The molecule has 0 bridgehead atoms. The number of nitrogens with two attached hydrogens (primary N) is 1. The SMILES string of the molecule is NS(=O)(=C(F)F)C(F)F. The largest absolute Gasteiger partial charge is 0.341 e. The molecule has 9 heavy (non-hydrogen) atoms. The Bertz CT molecular complexity index is 201. The molecule has 1 unspecified atom stereocenters. The normalized spacial score (nSPS) is 17.6. The van der Waals surface area contributed by atoms with Gasteiger partial charge in [-0.3, -0.25) is 0 Å². The van der Waals surface area contributed by atoms with Gasteiger partial charge in [-0.2, -0.15) is 17.6 Å². The van der Waals surface area contributed by atoms with Gasteiger partial charge in [0.1, 0.15) is 0 Å². The fraction of sp³-hybridized carbons (Fsp3) is 0.500.